The van der Waals surface area contributed by atoms with Gasteiger partial charge in [0.15, 0.2) is 0 Å². The molecule has 4 fully saturated rings. The molecule has 4 saturated carbocycles. The molecular formula is C27H33N6O. The number of anilines is 2. The summed E-state index contributed by atoms with van der Waals surface area (Å²) < 4.78 is 0. The van der Waals surface area contributed by atoms with Gasteiger partial charge in [-0.05, 0) is 92.0 Å². The molecule has 7 heteroatoms. The van der Waals surface area contributed by atoms with E-state index >= 15 is 0 Å². The van der Waals surface area contributed by atoms with E-state index < -0.39 is 0 Å². The van der Waals surface area contributed by atoms with Gasteiger partial charge in [0.1, 0.15) is 5.82 Å². The highest BCUT2D eigenvalue weighted by atomic mass is 16.1. The average Bonchev–Trinajstić information content (AvgIpc) is 3.31. The second-order valence-electron chi connectivity index (χ2n) is 10.7. The van der Waals surface area contributed by atoms with Crippen LogP contribution >= 0.6 is 0 Å². The second-order valence-corrected chi connectivity index (χ2v) is 10.7. The maximum atomic E-state index is 13.1. The van der Waals surface area contributed by atoms with Gasteiger partial charge in [-0.3, -0.25) is 9.89 Å². The normalized spacial score (nSPS) is 27.2. The van der Waals surface area contributed by atoms with Crippen molar-refractivity contribution in [2.75, 3.05) is 23.7 Å². The molecule has 7 nitrogen and oxygen atoms in total. The number of H-pyrrole nitrogens is 1. The van der Waals surface area contributed by atoms with E-state index in [1.165, 1.54) is 38.5 Å². The van der Waals surface area contributed by atoms with Crippen molar-refractivity contribution in [1.82, 2.24) is 20.5 Å². The van der Waals surface area contributed by atoms with Gasteiger partial charge < -0.3 is 16.0 Å². The summed E-state index contributed by atoms with van der Waals surface area (Å²) in [4.78, 5) is 17.9. The first-order valence-corrected chi connectivity index (χ1v) is 12.6. The molecule has 2 aromatic heterocycles. The molecule has 4 aliphatic carbocycles. The Kier molecular flexibility index (Phi) is 5.73. The lowest BCUT2D eigenvalue weighted by molar-refractivity contribution is -0.124. The molecule has 1 amide bonds. The highest BCUT2D eigenvalue weighted by Gasteiger charge is 2.51. The maximum absolute atomic E-state index is 13.1. The van der Waals surface area contributed by atoms with Gasteiger partial charge in [-0.2, -0.15) is 5.10 Å². The number of hydrogen-bond donors (Lipinski definition) is 4. The Labute approximate surface area is 200 Å². The molecule has 0 atom stereocenters. The van der Waals surface area contributed by atoms with E-state index in [-0.39, 0.29) is 11.3 Å². The van der Waals surface area contributed by atoms with Crippen LogP contribution in [0.5, 0.6) is 0 Å². The van der Waals surface area contributed by atoms with Crippen LogP contribution in [0.15, 0.2) is 42.6 Å². The lowest BCUT2D eigenvalue weighted by Crippen LogP contribution is -2.47. The van der Waals surface area contributed by atoms with Crippen LogP contribution in [0.3, 0.4) is 0 Å². The summed E-state index contributed by atoms with van der Waals surface area (Å²) >= 11 is 0. The number of amides is 1. The van der Waals surface area contributed by atoms with Crippen molar-refractivity contribution in [1.29, 1.82) is 0 Å². The molecule has 4 aliphatic rings. The van der Waals surface area contributed by atoms with Gasteiger partial charge in [-0.15, -0.1) is 0 Å². The highest BCUT2D eigenvalue weighted by molar-refractivity contribution is 6.01. The summed E-state index contributed by atoms with van der Waals surface area (Å²) in [5, 5.41) is 17.6. The zero-order valence-electron chi connectivity index (χ0n) is 19.5. The Morgan fingerprint density at radius 1 is 1.03 bits per heavy atom. The molecule has 0 spiro atoms. The fourth-order valence-electron chi connectivity index (χ4n) is 7.20. The summed E-state index contributed by atoms with van der Waals surface area (Å²) in [6.45, 7) is 3.41. The Hall–Kier alpha value is -2.93. The van der Waals surface area contributed by atoms with E-state index in [1.807, 2.05) is 36.9 Å². The Balaban J connectivity index is 1.06. The van der Waals surface area contributed by atoms with Crippen molar-refractivity contribution >= 4 is 28.3 Å². The Bertz CT molecular complexity index is 1120. The van der Waals surface area contributed by atoms with Gasteiger partial charge in [0.2, 0.25) is 5.91 Å². The van der Waals surface area contributed by atoms with Crippen LogP contribution in [0.4, 0.5) is 11.5 Å². The number of aromatic amines is 1. The van der Waals surface area contributed by atoms with Gasteiger partial charge >= 0.3 is 0 Å². The van der Waals surface area contributed by atoms with E-state index in [4.69, 9.17) is 4.98 Å². The molecule has 0 unspecified atom stereocenters. The molecule has 177 valence electrons. The third-order valence-corrected chi connectivity index (χ3v) is 8.06. The number of nitrogens with zero attached hydrogens (tertiary/aromatic N) is 2. The summed E-state index contributed by atoms with van der Waals surface area (Å²) in [5.74, 6) is 3.59. The number of aromatic nitrogens is 3. The highest BCUT2D eigenvalue weighted by Crippen LogP contribution is 2.61. The van der Waals surface area contributed by atoms with E-state index in [9.17, 15) is 4.79 Å². The van der Waals surface area contributed by atoms with Crippen LogP contribution in [0, 0.1) is 29.7 Å². The topological polar surface area (TPSA) is 94.7 Å². The molecule has 4 N–H and O–H groups in total. The fourth-order valence-corrected chi connectivity index (χ4v) is 7.20. The number of hydrogen-bond acceptors (Lipinski definition) is 5. The van der Waals surface area contributed by atoms with E-state index in [0.29, 0.717) is 6.42 Å². The van der Waals surface area contributed by atoms with E-state index in [0.717, 1.165) is 58.9 Å². The average molecular weight is 458 g/mol. The minimum absolute atomic E-state index is 0.163. The second kappa shape index (κ2) is 9.02. The van der Waals surface area contributed by atoms with Crippen molar-refractivity contribution in [3.05, 3.63) is 54.8 Å². The van der Waals surface area contributed by atoms with Gasteiger partial charge in [0, 0.05) is 31.1 Å². The largest absolute Gasteiger partial charge is 0.369 e. The SMILES string of the molecule is O=C(CC12CC3CC(CC(C3)C1)C2)Nc1cccc2nc(NCCN[CH]c3ccn[nH]3)ccc12. The molecule has 4 bridgehead atoms. The quantitative estimate of drug-likeness (QED) is 0.349. The smallest absolute Gasteiger partial charge is 0.224 e. The van der Waals surface area contributed by atoms with Gasteiger partial charge in [0.25, 0.3) is 0 Å². The van der Waals surface area contributed by atoms with E-state index in [2.05, 4.69) is 32.2 Å². The molecule has 0 saturated heterocycles. The van der Waals surface area contributed by atoms with Crippen LogP contribution in [0.1, 0.15) is 50.6 Å². The lowest BCUT2D eigenvalue weighted by atomic mass is 9.49. The van der Waals surface area contributed by atoms with E-state index in [1.54, 1.807) is 6.20 Å². The number of carbonyl (C=O) groups excluding carboxylic acids is 1. The first-order chi connectivity index (χ1) is 16.6. The first-order valence-electron chi connectivity index (χ1n) is 12.6. The van der Waals surface area contributed by atoms with Crippen LogP contribution in [0.25, 0.3) is 10.9 Å². The molecule has 34 heavy (non-hydrogen) atoms. The van der Waals surface area contributed by atoms with Crippen LogP contribution < -0.4 is 16.0 Å². The standard InChI is InChI=1S/C27H33N6O/c34-26(16-27-13-18-10-19(14-27)12-20(11-18)15-27)32-24-3-1-2-23-22(24)4-5-25(31-23)29-9-8-28-17-21-6-7-30-33-21/h1-7,17-20,28H,8-16H2,(H,29,31)(H,30,33)(H,32,34). The van der Waals surface area contributed by atoms with Crippen molar-refractivity contribution in [2.45, 2.75) is 44.9 Å². The molecule has 0 aliphatic heterocycles. The Morgan fingerprint density at radius 2 is 1.82 bits per heavy atom. The first kappa shape index (κ1) is 21.6. The minimum atomic E-state index is 0.163. The predicted octanol–water partition coefficient (Wildman–Crippen LogP) is 4.71. The summed E-state index contributed by atoms with van der Waals surface area (Å²) in [7, 11) is 0. The molecule has 2 heterocycles. The number of pyridine rings is 1. The summed E-state index contributed by atoms with van der Waals surface area (Å²) in [6, 6.07) is 11.9. The van der Waals surface area contributed by atoms with Crippen molar-refractivity contribution in [3.8, 4) is 0 Å². The monoisotopic (exact) mass is 457 g/mol. The Morgan fingerprint density at radius 3 is 2.56 bits per heavy atom. The zero-order chi connectivity index (χ0) is 23.0. The third kappa shape index (κ3) is 4.53. The van der Waals surface area contributed by atoms with Crippen molar-refractivity contribution in [2.24, 2.45) is 23.2 Å². The van der Waals surface area contributed by atoms with Crippen LogP contribution in [-0.4, -0.2) is 34.2 Å². The fraction of sp³-hybridized carbons (Fsp3) is 0.481. The maximum Gasteiger partial charge on any atom is 0.224 e. The zero-order valence-corrected chi connectivity index (χ0v) is 19.5. The van der Waals surface area contributed by atoms with Crippen molar-refractivity contribution < 1.29 is 4.79 Å². The van der Waals surface area contributed by atoms with Gasteiger partial charge in [-0.25, -0.2) is 4.98 Å². The number of nitrogens with one attached hydrogen (secondary N) is 4. The van der Waals surface area contributed by atoms with Gasteiger partial charge in [-0.1, -0.05) is 6.07 Å². The van der Waals surface area contributed by atoms with Crippen LogP contribution in [0.2, 0.25) is 0 Å². The molecule has 1 radical (unpaired) electrons. The number of benzene rings is 1. The molecule has 7 rings (SSSR count). The number of rotatable bonds is 9. The number of carbonyl (C=O) groups is 1. The number of fused-ring (bicyclic) bond motifs is 1. The summed E-state index contributed by atoms with van der Waals surface area (Å²) in [5.41, 5.74) is 2.94. The summed E-state index contributed by atoms with van der Waals surface area (Å²) in [6.07, 6.45) is 10.4. The predicted molar refractivity (Wildman–Crippen MR) is 134 cm³/mol. The van der Waals surface area contributed by atoms with Crippen LogP contribution in [-0.2, 0) is 4.79 Å². The molecular weight excluding hydrogens is 424 g/mol. The molecule has 1 aromatic carbocycles. The minimum Gasteiger partial charge on any atom is -0.369 e. The van der Waals surface area contributed by atoms with Crippen molar-refractivity contribution in [3.63, 3.8) is 0 Å². The molecule has 3 aromatic rings. The lowest BCUT2D eigenvalue weighted by Gasteiger charge is -2.56. The van der Waals surface area contributed by atoms with Gasteiger partial charge in [0.05, 0.1) is 23.4 Å². The third-order valence-electron chi connectivity index (χ3n) is 8.06.